The van der Waals surface area contributed by atoms with Crippen LogP contribution in [0.4, 0.5) is 5.69 Å². The number of anilines is 1. The number of hydrogen-bond donors (Lipinski definition) is 1. The third-order valence-electron chi connectivity index (χ3n) is 3.21. The summed E-state index contributed by atoms with van der Waals surface area (Å²) in [7, 11) is 0. The Balaban J connectivity index is 2.11. The highest BCUT2D eigenvalue weighted by Crippen LogP contribution is 2.21. The zero-order valence-electron chi connectivity index (χ0n) is 10.7. The van der Waals surface area contributed by atoms with Gasteiger partial charge in [0.05, 0.1) is 6.54 Å². The van der Waals surface area contributed by atoms with Gasteiger partial charge in [-0.2, -0.15) is 0 Å². The van der Waals surface area contributed by atoms with Crippen LogP contribution in [0.25, 0.3) is 0 Å². The number of hydrogen-bond acceptors (Lipinski definition) is 3. The largest absolute Gasteiger partial charge is 0.398 e. The van der Waals surface area contributed by atoms with E-state index in [-0.39, 0.29) is 24.9 Å². The number of carbonyl (C=O) groups is 2. The lowest BCUT2D eigenvalue weighted by Gasteiger charge is -2.33. The molecule has 5 nitrogen and oxygen atoms in total. The maximum absolute atomic E-state index is 12.0. The first-order valence-corrected chi connectivity index (χ1v) is 6.90. The SMILES string of the molecule is CCN1CC(=O)N(Cc2ccc(Br)cc2N)CC1=O. The highest BCUT2D eigenvalue weighted by Gasteiger charge is 2.28. The zero-order valence-corrected chi connectivity index (χ0v) is 12.3. The van der Waals surface area contributed by atoms with Crippen LogP contribution in [0.3, 0.4) is 0 Å². The second-order valence-corrected chi connectivity index (χ2v) is 5.42. The number of nitrogens with zero attached hydrogens (tertiary/aromatic N) is 2. The molecule has 1 aliphatic heterocycles. The van der Waals surface area contributed by atoms with Gasteiger partial charge in [-0.25, -0.2) is 0 Å². The molecule has 0 aliphatic carbocycles. The van der Waals surface area contributed by atoms with Crippen molar-refractivity contribution in [2.45, 2.75) is 13.5 Å². The molecule has 0 spiro atoms. The van der Waals surface area contributed by atoms with Gasteiger partial charge in [-0.1, -0.05) is 22.0 Å². The third kappa shape index (κ3) is 3.07. The van der Waals surface area contributed by atoms with Crippen molar-refractivity contribution in [2.24, 2.45) is 0 Å². The molecule has 2 amide bonds. The fourth-order valence-corrected chi connectivity index (χ4v) is 2.43. The molecule has 1 aromatic rings. The molecule has 1 saturated heterocycles. The fourth-order valence-electron chi connectivity index (χ4n) is 2.05. The van der Waals surface area contributed by atoms with Crippen molar-refractivity contribution in [2.75, 3.05) is 25.4 Å². The number of piperazine rings is 1. The van der Waals surface area contributed by atoms with E-state index in [2.05, 4.69) is 15.9 Å². The van der Waals surface area contributed by atoms with E-state index < -0.39 is 0 Å². The Bertz CT molecular complexity index is 519. The Kier molecular flexibility index (Phi) is 4.09. The van der Waals surface area contributed by atoms with E-state index in [9.17, 15) is 9.59 Å². The number of nitrogens with two attached hydrogens (primary N) is 1. The summed E-state index contributed by atoms with van der Waals surface area (Å²) in [6, 6.07) is 5.54. The van der Waals surface area contributed by atoms with E-state index in [0.717, 1.165) is 10.0 Å². The van der Waals surface area contributed by atoms with Crippen LogP contribution in [0, 0.1) is 0 Å². The van der Waals surface area contributed by atoms with Gasteiger partial charge in [0.2, 0.25) is 11.8 Å². The van der Waals surface area contributed by atoms with Gasteiger partial charge in [0, 0.05) is 23.2 Å². The molecule has 0 radical (unpaired) electrons. The lowest BCUT2D eigenvalue weighted by molar-refractivity contribution is -0.150. The summed E-state index contributed by atoms with van der Waals surface area (Å²) >= 11 is 3.34. The van der Waals surface area contributed by atoms with E-state index in [0.29, 0.717) is 18.8 Å². The average Bonchev–Trinajstić information content (AvgIpc) is 2.36. The van der Waals surface area contributed by atoms with Crippen LogP contribution >= 0.6 is 15.9 Å². The van der Waals surface area contributed by atoms with Gasteiger partial charge in [0.1, 0.15) is 6.54 Å². The number of carbonyl (C=O) groups excluding carboxylic acids is 2. The van der Waals surface area contributed by atoms with Crippen LogP contribution in [-0.2, 0) is 16.1 Å². The first kappa shape index (κ1) is 13.9. The molecule has 1 aliphatic rings. The molecule has 1 aromatic carbocycles. The molecule has 1 heterocycles. The van der Waals surface area contributed by atoms with Crippen molar-refractivity contribution < 1.29 is 9.59 Å². The summed E-state index contributed by atoms with van der Waals surface area (Å²) in [5.74, 6) is -0.0541. The number of likely N-dealkylation sites (N-methyl/N-ethyl adjacent to an activating group) is 1. The van der Waals surface area contributed by atoms with Crippen LogP contribution in [0.1, 0.15) is 12.5 Å². The first-order chi connectivity index (χ1) is 9.01. The predicted molar refractivity (Wildman–Crippen MR) is 76.2 cm³/mol. The highest BCUT2D eigenvalue weighted by atomic mass is 79.9. The molecular formula is C13H16BrN3O2. The summed E-state index contributed by atoms with van der Waals surface area (Å²) < 4.78 is 0.895. The minimum Gasteiger partial charge on any atom is -0.398 e. The molecule has 2 rings (SSSR count). The van der Waals surface area contributed by atoms with Gasteiger partial charge in [0.15, 0.2) is 0 Å². The Labute approximate surface area is 120 Å². The summed E-state index contributed by atoms with van der Waals surface area (Å²) in [5.41, 5.74) is 7.38. The normalized spacial score (nSPS) is 16.1. The number of nitrogen functional groups attached to an aromatic ring is 1. The summed E-state index contributed by atoms with van der Waals surface area (Å²) in [6.45, 7) is 3.10. The van der Waals surface area contributed by atoms with E-state index in [1.807, 2.05) is 19.1 Å². The second-order valence-electron chi connectivity index (χ2n) is 4.50. The lowest BCUT2D eigenvalue weighted by Crippen LogP contribution is -2.53. The van der Waals surface area contributed by atoms with Crippen LogP contribution in [0.15, 0.2) is 22.7 Å². The molecule has 0 atom stereocenters. The first-order valence-electron chi connectivity index (χ1n) is 6.10. The molecule has 19 heavy (non-hydrogen) atoms. The van der Waals surface area contributed by atoms with E-state index >= 15 is 0 Å². The molecule has 1 fully saturated rings. The minimum absolute atomic E-state index is 0.0159. The number of benzene rings is 1. The maximum Gasteiger partial charge on any atom is 0.242 e. The highest BCUT2D eigenvalue weighted by molar-refractivity contribution is 9.10. The van der Waals surface area contributed by atoms with Crippen LogP contribution in [-0.4, -0.2) is 41.2 Å². The van der Waals surface area contributed by atoms with E-state index in [1.165, 1.54) is 0 Å². The van der Waals surface area contributed by atoms with Crippen LogP contribution in [0.5, 0.6) is 0 Å². The molecule has 0 aromatic heterocycles. The van der Waals surface area contributed by atoms with Gasteiger partial charge in [-0.3, -0.25) is 9.59 Å². The van der Waals surface area contributed by atoms with Gasteiger partial charge in [-0.15, -0.1) is 0 Å². The Hall–Kier alpha value is -1.56. The van der Waals surface area contributed by atoms with Gasteiger partial charge >= 0.3 is 0 Å². The molecule has 0 bridgehead atoms. The molecule has 2 N–H and O–H groups in total. The Morgan fingerprint density at radius 3 is 2.47 bits per heavy atom. The van der Waals surface area contributed by atoms with Crippen molar-refractivity contribution in [3.63, 3.8) is 0 Å². The third-order valence-corrected chi connectivity index (χ3v) is 3.70. The molecular weight excluding hydrogens is 310 g/mol. The molecule has 6 heteroatoms. The van der Waals surface area contributed by atoms with Crippen LogP contribution in [0.2, 0.25) is 0 Å². The van der Waals surface area contributed by atoms with Crippen molar-refractivity contribution in [1.29, 1.82) is 0 Å². The van der Waals surface area contributed by atoms with Gasteiger partial charge in [0.25, 0.3) is 0 Å². The topological polar surface area (TPSA) is 66.6 Å². The summed E-state index contributed by atoms with van der Waals surface area (Å²) in [6.07, 6.45) is 0. The van der Waals surface area contributed by atoms with Crippen molar-refractivity contribution in [3.05, 3.63) is 28.2 Å². The number of rotatable bonds is 3. The van der Waals surface area contributed by atoms with E-state index in [4.69, 9.17) is 5.73 Å². The quantitative estimate of drug-likeness (QED) is 0.850. The standard InChI is InChI=1S/C13H16BrN3O2/c1-2-16-7-13(19)17(8-12(16)18)6-9-3-4-10(14)5-11(9)15/h3-5H,2,6-8,15H2,1H3. The number of amides is 2. The lowest BCUT2D eigenvalue weighted by atomic mass is 10.1. The zero-order chi connectivity index (χ0) is 14.0. The predicted octanol–water partition coefficient (Wildman–Crippen LogP) is 1.22. The number of halogens is 1. The monoisotopic (exact) mass is 325 g/mol. The van der Waals surface area contributed by atoms with Gasteiger partial charge < -0.3 is 15.5 Å². The van der Waals surface area contributed by atoms with Crippen molar-refractivity contribution >= 4 is 33.4 Å². The maximum atomic E-state index is 12.0. The molecule has 0 unspecified atom stereocenters. The summed E-state index contributed by atoms with van der Waals surface area (Å²) in [5, 5.41) is 0. The minimum atomic E-state index is -0.0382. The van der Waals surface area contributed by atoms with Crippen LogP contribution < -0.4 is 5.73 Å². The van der Waals surface area contributed by atoms with Crippen molar-refractivity contribution in [3.8, 4) is 0 Å². The van der Waals surface area contributed by atoms with E-state index in [1.54, 1.807) is 15.9 Å². The van der Waals surface area contributed by atoms with Crippen molar-refractivity contribution in [1.82, 2.24) is 9.80 Å². The Morgan fingerprint density at radius 2 is 1.84 bits per heavy atom. The summed E-state index contributed by atoms with van der Waals surface area (Å²) in [4.78, 5) is 26.9. The second kappa shape index (κ2) is 5.61. The average molecular weight is 326 g/mol. The molecule has 102 valence electrons. The smallest absolute Gasteiger partial charge is 0.242 e. The molecule has 0 saturated carbocycles. The Morgan fingerprint density at radius 1 is 1.21 bits per heavy atom. The van der Waals surface area contributed by atoms with Gasteiger partial charge in [-0.05, 0) is 24.6 Å². The fraction of sp³-hybridized carbons (Fsp3) is 0.385.